The summed E-state index contributed by atoms with van der Waals surface area (Å²) in [6, 6.07) is 14.8. The van der Waals surface area contributed by atoms with Crippen LogP contribution in [0.2, 0.25) is 5.02 Å². The Hall–Kier alpha value is -1.16. The van der Waals surface area contributed by atoms with Gasteiger partial charge in [0.1, 0.15) is 0 Å². The quantitative estimate of drug-likeness (QED) is 0.712. The lowest BCUT2D eigenvalue weighted by molar-refractivity contribution is 0.423. The number of hydrogen-bond acceptors (Lipinski definition) is 3. The number of para-hydroxylation sites is 1. The molecule has 0 radical (unpaired) electrons. The third-order valence-corrected chi connectivity index (χ3v) is 5.17. The third-order valence-electron chi connectivity index (χ3n) is 3.80. The molecular weight excluding hydrogens is 324 g/mol. The van der Waals surface area contributed by atoms with E-state index in [-0.39, 0.29) is 5.54 Å². The number of fused-ring (bicyclic) bond motifs is 2. The highest BCUT2D eigenvalue weighted by Gasteiger charge is 2.23. The van der Waals surface area contributed by atoms with E-state index in [1.165, 1.54) is 21.2 Å². The summed E-state index contributed by atoms with van der Waals surface area (Å²) < 4.78 is 0. The summed E-state index contributed by atoms with van der Waals surface area (Å²) in [5, 5.41) is 4.36. The van der Waals surface area contributed by atoms with Crippen LogP contribution in [0.5, 0.6) is 0 Å². The van der Waals surface area contributed by atoms with E-state index in [0.29, 0.717) is 0 Å². The molecule has 0 saturated carbocycles. The first-order valence-corrected chi connectivity index (χ1v) is 9.22. The Morgan fingerprint density at radius 2 is 1.78 bits per heavy atom. The lowest BCUT2D eigenvalue weighted by Gasteiger charge is -2.33. The standard InChI is InChI=1S/C19H23ClN2S/c1-19(2,3)21-11-6-12-22-15-7-4-5-8-17(15)23-18-10-9-14(20)13-16(18)22/h4-5,7-10,13,21H,6,11-12H2,1-3H3. The smallest absolute Gasteiger partial charge is 0.0567 e. The summed E-state index contributed by atoms with van der Waals surface area (Å²) in [7, 11) is 0. The molecule has 0 bridgehead atoms. The zero-order valence-electron chi connectivity index (χ0n) is 13.9. The van der Waals surface area contributed by atoms with Gasteiger partial charge in [0.15, 0.2) is 0 Å². The van der Waals surface area contributed by atoms with Crippen molar-refractivity contribution in [3.05, 3.63) is 47.5 Å². The van der Waals surface area contributed by atoms with Gasteiger partial charge in [-0.3, -0.25) is 0 Å². The first-order chi connectivity index (χ1) is 10.9. The van der Waals surface area contributed by atoms with Crippen molar-refractivity contribution in [2.45, 2.75) is 42.5 Å². The van der Waals surface area contributed by atoms with E-state index in [2.05, 4.69) is 67.4 Å². The lowest BCUT2D eigenvalue weighted by atomic mass is 10.1. The summed E-state index contributed by atoms with van der Waals surface area (Å²) in [5.74, 6) is 0. The second-order valence-electron chi connectivity index (χ2n) is 6.86. The first kappa shape index (κ1) is 16.7. The van der Waals surface area contributed by atoms with Gasteiger partial charge in [0, 0.05) is 26.9 Å². The molecule has 0 unspecified atom stereocenters. The van der Waals surface area contributed by atoms with Crippen molar-refractivity contribution in [1.29, 1.82) is 0 Å². The van der Waals surface area contributed by atoms with Gasteiger partial charge in [0.05, 0.1) is 11.4 Å². The van der Waals surface area contributed by atoms with Crippen molar-refractivity contribution in [3.8, 4) is 0 Å². The van der Waals surface area contributed by atoms with Gasteiger partial charge in [-0.05, 0) is 64.1 Å². The van der Waals surface area contributed by atoms with Crippen molar-refractivity contribution in [1.82, 2.24) is 5.32 Å². The second-order valence-corrected chi connectivity index (χ2v) is 8.38. The Morgan fingerprint density at radius 3 is 2.57 bits per heavy atom. The van der Waals surface area contributed by atoms with Crippen LogP contribution in [0.3, 0.4) is 0 Å². The minimum absolute atomic E-state index is 0.164. The van der Waals surface area contributed by atoms with Gasteiger partial charge >= 0.3 is 0 Å². The topological polar surface area (TPSA) is 15.3 Å². The molecule has 4 heteroatoms. The second kappa shape index (κ2) is 6.76. The predicted octanol–water partition coefficient (Wildman–Crippen LogP) is 5.72. The summed E-state index contributed by atoms with van der Waals surface area (Å²) in [4.78, 5) is 4.99. The summed E-state index contributed by atoms with van der Waals surface area (Å²) in [5.41, 5.74) is 2.66. The van der Waals surface area contributed by atoms with E-state index in [1.54, 1.807) is 0 Å². The molecule has 0 fully saturated rings. The van der Waals surface area contributed by atoms with Gasteiger partial charge in [0.2, 0.25) is 0 Å². The van der Waals surface area contributed by atoms with Crippen LogP contribution in [0.1, 0.15) is 27.2 Å². The fourth-order valence-electron chi connectivity index (χ4n) is 2.74. The van der Waals surface area contributed by atoms with Crippen LogP contribution < -0.4 is 10.2 Å². The van der Waals surface area contributed by atoms with Crippen LogP contribution in [0.4, 0.5) is 11.4 Å². The fraction of sp³-hybridized carbons (Fsp3) is 0.368. The van der Waals surface area contributed by atoms with E-state index < -0.39 is 0 Å². The molecule has 0 amide bonds. The van der Waals surface area contributed by atoms with Gasteiger partial charge in [-0.1, -0.05) is 35.5 Å². The van der Waals surface area contributed by atoms with Gasteiger partial charge in [-0.25, -0.2) is 0 Å². The van der Waals surface area contributed by atoms with Gasteiger partial charge in [0.25, 0.3) is 0 Å². The third kappa shape index (κ3) is 4.03. The number of nitrogens with one attached hydrogen (secondary N) is 1. The fourth-order valence-corrected chi connectivity index (χ4v) is 3.99. The highest BCUT2D eigenvalue weighted by molar-refractivity contribution is 7.99. The van der Waals surface area contributed by atoms with Crippen molar-refractivity contribution >= 4 is 34.7 Å². The molecule has 2 aromatic rings. The molecule has 0 aromatic heterocycles. The van der Waals surface area contributed by atoms with E-state index in [0.717, 1.165) is 24.5 Å². The van der Waals surface area contributed by atoms with Crippen molar-refractivity contribution in [2.24, 2.45) is 0 Å². The maximum Gasteiger partial charge on any atom is 0.0567 e. The molecule has 0 saturated heterocycles. The molecule has 1 heterocycles. The van der Waals surface area contributed by atoms with Crippen molar-refractivity contribution in [2.75, 3.05) is 18.0 Å². The van der Waals surface area contributed by atoms with Crippen molar-refractivity contribution in [3.63, 3.8) is 0 Å². The van der Waals surface area contributed by atoms with Crippen LogP contribution >= 0.6 is 23.4 Å². The highest BCUT2D eigenvalue weighted by Crippen LogP contribution is 2.48. The number of nitrogens with zero attached hydrogens (tertiary/aromatic N) is 1. The average Bonchev–Trinajstić information content (AvgIpc) is 2.50. The van der Waals surface area contributed by atoms with Crippen LogP contribution in [-0.4, -0.2) is 18.6 Å². The monoisotopic (exact) mass is 346 g/mol. The maximum absolute atomic E-state index is 6.24. The molecule has 1 aliphatic rings. The lowest BCUT2D eigenvalue weighted by Crippen LogP contribution is -2.37. The number of anilines is 2. The number of benzene rings is 2. The molecule has 0 atom stereocenters. The predicted molar refractivity (Wildman–Crippen MR) is 101 cm³/mol. The van der Waals surface area contributed by atoms with E-state index in [4.69, 9.17) is 11.6 Å². The molecule has 1 N–H and O–H groups in total. The first-order valence-electron chi connectivity index (χ1n) is 8.03. The number of rotatable bonds is 4. The molecule has 1 aliphatic heterocycles. The van der Waals surface area contributed by atoms with Gasteiger partial charge in [-0.2, -0.15) is 0 Å². The number of hydrogen-bond donors (Lipinski definition) is 1. The average molecular weight is 347 g/mol. The van der Waals surface area contributed by atoms with E-state index in [9.17, 15) is 0 Å². The Balaban J connectivity index is 1.82. The zero-order valence-corrected chi connectivity index (χ0v) is 15.5. The molecule has 2 nitrogen and oxygen atoms in total. The molecule has 23 heavy (non-hydrogen) atoms. The summed E-state index contributed by atoms with van der Waals surface area (Å²) in [6.07, 6.45) is 1.09. The summed E-state index contributed by atoms with van der Waals surface area (Å²) >= 11 is 8.06. The van der Waals surface area contributed by atoms with E-state index in [1.807, 2.05) is 17.8 Å². The van der Waals surface area contributed by atoms with Crippen LogP contribution in [0.15, 0.2) is 52.3 Å². The molecular formula is C19H23ClN2S. The van der Waals surface area contributed by atoms with Crippen LogP contribution in [0, 0.1) is 0 Å². The molecule has 3 rings (SSSR count). The SMILES string of the molecule is CC(C)(C)NCCCN1c2ccccc2Sc2ccc(Cl)cc21. The van der Waals surface area contributed by atoms with Crippen LogP contribution in [-0.2, 0) is 0 Å². The number of halogens is 1. The van der Waals surface area contributed by atoms with Crippen LogP contribution in [0.25, 0.3) is 0 Å². The zero-order chi connectivity index (χ0) is 16.4. The maximum atomic E-state index is 6.24. The molecule has 0 aliphatic carbocycles. The minimum Gasteiger partial charge on any atom is -0.340 e. The molecule has 2 aromatic carbocycles. The van der Waals surface area contributed by atoms with Gasteiger partial charge in [-0.15, -0.1) is 0 Å². The highest BCUT2D eigenvalue weighted by atomic mass is 35.5. The largest absolute Gasteiger partial charge is 0.340 e. The Kier molecular flexibility index (Phi) is 4.90. The van der Waals surface area contributed by atoms with Crippen molar-refractivity contribution < 1.29 is 0 Å². The Labute approximate surface area is 148 Å². The molecule has 122 valence electrons. The Bertz CT molecular complexity index is 694. The van der Waals surface area contributed by atoms with Gasteiger partial charge < -0.3 is 10.2 Å². The summed E-state index contributed by atoms with van der Waals surface area (Å²) in [6.45, 7) is 8.60. The normalized spacial score (nSPS) is 13.7. The van der Waals surface area contributed by atoms with E-state index >= 15 is 0 Å². The molecule has 0 spiro atoms. The minimum atomic E-state index is 0.164. The Morgan fingerprint density at radius 1 is 1.04 bits per heavy atom.